The third-order valence-electron chi connectivity index (χ3n) is 6.18. The van der Waals surface area contributed by atoms with Gasteiger partial charge in [-0.05, 0) is 49.4 Å². The summed E-state index contributed by atoms with van der Waals surface area (Å²) in [5, 5.41) is 0.833. The topological polar surface area (TPSA) is 87.7 Å². The lowest BCUT2D eigenvalue weighted by Crippen LogP contribution is -2.17. The van der Waals surface area contributed by atoms with Crippen molar-refractivity contribution in [3.05, 3.63) is 75.7 Å². The Labute approximate surface area is 205 Å². The van der Waals surface area contributed by atoms with Gasteiger partial charge in [0.15, 0.2) is 5.43 Å². The largest absolute Gasteiger partial charge is 0.325 e. The second kappa shape index (κ2) is 9.68. The van der Waals surface area contributed by atoms with Crippen molar-refractivity contribution in [1.29, 1.82) is 0 Å². The molecule has 1 fully saturated rings. The highest BCUT2D eigenvalue weighted by molar-refractivity contribution is 7.86. The van der Waals surface area contributed by atoms with Crippen LogP contribution in [0.3, 0.4) is 0 Å². The van der Waals surface area contributed by atoms with Gasteiger partial charge in [0, 0.05) is 28.6 Å². The molecule has 0 aliphatic heterocycles. The summed E-state index contributed by atoms with van der Waals surface area (Å²) in [5.41, 5.74) is 4.28. The molecule has 1 atom stereocenters. The Morgan fingerprint density at radius 3 is 2.56 bits per heavy atom. The molecule has 1 aliphatic rings. The molecule has 174 valence electrons. The van der Waals surface area contributed by atoms with Gasteiger partial charge in [-0.2, -0.15) is 0 Å². The summed E-state index contributed by atoms with van der Waals surface area (Å²) in [4.78, 5) is 25.3. The predicted octanol–water partition coefficient (Wildman–Crippen LogP) is 5.88. The van der Waals surface area contributed by atoms with Gasteiger partial charge < -0.3 is 4.98 Å². The Morgan fingerprint density at radius 1 is 1.06 bits per heavy atom. The lowest BCUT2D eigenvalue weighted by molar-refractivity contribution is 0.606. The number of pyridine rings is 3. The molecule has 1 saturated carbocycles. The number of hydrogen-bond donors (Lipinski definition) is 2. The van der Waals surface area contributed by atoms with Gasteiger partial charge >= 0.3 is 0 Å². The van der Waals surface area contributed by atoms with Gasteiger partial charge in [-0.15, -0.1) is 0 Å². The van der Waals surface area contributed by atoms with Crippen LogP contribution in [0.25, 0.3) is 33.4 Å². The summed E-state index contributed by atoms with van der Waals surface area (Å²) in [5.74, 6) is 1.47. The maximum Gasteiger partial charge on any atom is 0.193 e. The van der Waals surface area contributed by atoms with Crippen LogP contribution < -0.4 is 10.2 Å². The monoisotopic (exact) mass is 492 g/mol. The number of H-pyrrole nitrogens is 1. The highest BCUT2D eigenvalue weighted by Gasteiger charge is 2.19. The molecule has 1 unspecified atom stereocenters. The van der Waals surface area contributed by atoms with E-state index in [2.05, 4.69) is 14.7 Å². The fraction of sp³-hybridized carbons (Fsp3) is 0.269. The molecule has 0 amide bonds. The predicted molar refractivity (Wildman–Crippen MR) is 139 cm³/mol. The SMILES string of the molecule is Cc1cc(-c2cc3c(=O)cc(NS(=O)CC4CCCC4)[nH]c3nc2-c2ccccc2)cc(Cl)n1. The number of aryl methyl sites for hydroxylation is 1. The van der Waals surface area contributed by atoms with Crippen molar-refractivity contribution in [1.82, 2.24) is 15.0 Å². The van der Waals surface area contributed by atoms with E-state index in [0.717, 1.165) is 40.9 Å². The molecule has 0 saturated heterocycles. The van der Waals surface area contributed by atoms with E-state index in [1.807, 2.05) is 49.4 Å². The number of benzene rings is 1. The van der Waals surface area contributed by atoms with Crippen molar-refractivity contribution in [2.45, 2.75) is 32.6 Å². The summed E-state index contributed by atoms with van der Waals surface area (Å²) in [6.45, 7) is 1.88. The van der Waals surface area contributed by atoms with Crippen LogP contribution in [0.5, 0.6) is 0 Å². The van der Waals surface area contributed by atoms with Gasteiger partial charge in [0.2, 0.25) is 0 Å². The number of nitrogens with one attached hydrogen (secondary N) is 2. The number of halogens is 1. The molecule has 3 aromatic heterocycles. The van der Waals surface area contributed by atoms with Crippen molar-refractivity contribution >= 4 is 39.4 Å². The third kappa shape index (κ3) is 4.91. The van der Waals surface area contributed by atoms with Crippen molar-refractivity contribution < 1.29 is 4.21 Å². The Kier molecular flexibility index (Phi) is 6.48. The van der Waals surface area contributed by atoms with Crippen LogP contribution in [0.2, 0.25) is 5.15 Å². The molecule has 0 radical (unpaired) electrons. The molecular formula is C26H25ClN4O2S. The van der Waals surface area contributed by atoms with E-state index in [0.29, 0.717) is 33.7 Å². The van der Waals surface area contributed by atoms with Crippen LogP contribution in [0, 0.1) is 12.8 Å². The van der Waals surface area contributed by atoms with E-state index in [9.17, 15) is 9.00 Å². The highest BCUT2D eigenvalue weighted by Crippen LogP contribution is 2.34. The van der Waals surface area contributed by atoms with Crippen molar-refractivity contribution in [3.63, 3.8) is 0 Å². The molecule has 1 aliphatic carbocycles. The Bertz CT molecular complexity index is 1410. The molecular weight excluding hydrogens is 468 g/mol. The minimum Gasteiger partial charge on any atom is -0.325 e. The molecule has 5 rings (SSSR count). The van der Waals surface area contributed by atoms with Crippen molar-refractivity contribution in [3.8, 4) is 22.4 Å². The van der Waals surface area contributed by atoms with Gasteiger partial charge in [-0.1, -0.05) is 54.8 Å². The van der Waals surface area contributed by atoms with E-state index in [1.54, 1.807) is 6.07 Å². The molecule has 0 bridgehead atoms. The van der Waals surface area contributed by atoms with Crippen molar-refractivity contribution in [2.75, 3.05) is 10.5 Å². The van der Waals surface area contributed by atoms with Crippen LogP contribution in [0.1, 0.15) is 31.4 Å². The van der Waals surface area contributed by atoms with E-state index in [4.69, 9.17) is 16.6 Å². The standard InChI is InChI=1S/C26H25ClN4O2S/c1-16-11-19(12-23(27)28-16)20-13-21-22(32)14-24(31-34(33)15-17-7-5-6-8-17)29-26(21)30-25(20)18-9-3-2-4-10-18/h2-4,9-14,17H,5-8,15H2,1H3,(H2,29,30,31,32). The zero-order valence-electron chi connectivity index (χ0n) is 18.8. The zero-order chi connectivity index (χ0) is 23.7. The summed E-state index contributed by atoms with van der Waals surface area (Å²) in [7, 11) is -1.26. The second-order valence-corrected chi connectivity index (χ2v) is 10.4. The van der Waals surface area contributed by atoms with Gasteiger partial charge in [-0.3, -0.25) is 9.52 Å². The first-order valence-corrected chi connectivity index (χ1v) is 13.1. The van der Waals surface area contributed by atoms with Gasteiger partial charge in [0.25, 0.3) is 0 Å². The number of aromatic nitrogens is 3. The highest BCUT2D eigenvalue weighted by atomic mass is 35.5. The first kappa shape index (κ1) is 22.7. The molecule has 34 heavy (non-hydrogen) atoms. The fourth-order valence-electron chi connectivity index (χ4n) is 4.60. The minimum absolute atomic E-state index is 0.195. The Balaban J connectivity index is 1.60. The average Bonchev–Trinajstić information content (AvgIpc) is 3.31. The van der Waals surface area contributed by atoms with E-state index in [1.165, 1.54) is 18.9 Å². The molecule has 2 N–H and O–H groups in total. The number of nitrogens with zero attached hydrogens (tertiary/aromatic N) is 2. The number of rotatable bonds is 6. The van der Waals surface area contributed by atoms with Gasteiger partial charge in [-0.25, -0.2) is 14.2 Å². The lowest BCUT2D eigenvalue weighted by atomic mass is 9.98. The molecule has 0 spiro atoms. The molecule has 8 heteroatoms. The van der Waals surface area contributed by atoms with Gasteiger partial charge in [0.1, 0.15) is 27.6 Å². The number of hydrogen-bond acceptors (Lipinski definition) is 4. The summed E-state index contributed by atoms with van der Waals surface area (Å²) in [6, 6.07) is 16.8. The van der Waals surface area contributed by atoms with E-state index >= 15 is 0 Å². The van der Waals surface area contributed by atoms with E-state index < -0.39 is 11.0 Å². The zero-order valence-corrected chi connectivity index (χ0v) is 20.4. The van der Waals surface area contributed by atoms with Crippen LogP contribution in [-0.2, 0) is 11.0 Å². The summed E-state index contributed by atoms with van der Waals surface area (Å²) >= 11 is 6.24. The molecule has 4 aromatic rings. The van der Waals surface area contributed by atoms with E-state index in [-0.39, 0.29) is 5.43 Å². The first-order chi connectivity index (χ1) is 16.5. The molecule has 6 nitrogen and oxygen atoms in total. The maximum absolute atomic E-state index is 13.1. The number of aromatic amines is 1. The Hall–Kier alpha value is -3.03. The van der Waals surface area contributed by atoms with Crippen LogP contribution >= 0.6 is 11.6 Å². The third-order valence-corrected chi connectivity index (χ3v) is 7.60. The van der Waals surface area contributed by atoms with Crippen LogP contribution in [0.4, 0.5) is 5.82 Å². The number of anilines is 1. The average molecular weight is 493 g/mol. The summed E-state index contributed by atoms with van der Waals surface area (Å²) in [6.07, 6.45) is 4.63. The molecule has 3 heterocycles. The summed E-state index contributed by atoms with van der Waals surface area (Å²) < 4.78 is 15.6. The molecule has 1 aromatic carbocycles. The number of fused-ring (bicyclic) bond motifs is 1. The maximum atomic E-state index is 13.1. The van der Waals surface area contributed by atoms with Crippen LogP contribution in [-0.4, -0.2) is 24.9 Å². The van der Waals surface area contributed by atoms with Gasteiger partial charge in [0.05, 0.1) is 11.1 Å². The second-order valence-electron chi connectivity index (χ2n) is 8.78. The van der Waals surface area contributed by atoms with Crippen molar-refractivity contribution in [2.24, 2.45) is 5.92 Å². The minimum atomic E-state index is -1.26. The first-order valence-electron chi connectivity index (χ1n) is 11.4. The van der Waals surface area contributed by atoms with Crippen LogP contribution in [0.15, 0.2) is 59.4 Å². The normalized spacial score (nSPS) is 15.0. The quantitative estimate of drug-likeness (QED) is 0.329. The Morgan fingerprint density at radius 2 is 1.82 bits per heavy atom. The fourth-order valence-corrected chi connectivity index (χ4v) is 6.05. The smallest absolute Gasteiger partial charge is 0.193 e. The lowest BCUT2D eigenvalue weighted by Gasteiger charge is -2.14.